The fourth-order valence-corrected chi connectivity index (χ4v) is 5.16. The van der Waals surface area contributed by atoms with Gasteiger partial charge in [-0.05, 0) is 80.6 Å². The first kappa shape index (κ1) is 28.9. The molecule has 4 rings (SSSR count). The molecule has 1 N–H and O–H groups in total. The summed E-state index contributed by atoms with van der Waals surface area (Å²) < 4.78 is 20.1. The Morgan fingerprint density at radius 3 is 2.54 bits per heavy atom. The maximum absolute atomic E-state index is 13.5. The molecule has 206 valence electrons. The van der Waals surface area contributed by atoms with Gasteiger partial charge in [0.2, 0.25) is 0 Å². The van der Waals surface area contributed by atoms with Gasteiger partial charge in [0.15, 0.2) is 0 Å². The van der Waals surface area contributed by atoms with Crippen LogP contribution in [0.4, 0.5) is 15.8 Å². The molecule has 1 aliphatic heterocycles. The zero-order chi connectivity index (χ0) is 28.3. The Morgan fingerprint density at radius 1 is 1.13 bits per heavy atom. The highest BCUT2D eigenvalue weighted by atomic mass is 79.9. The number of benzene rings is 3. The molecule has 0 radical (unpaired) electrons. The van der Waals surface area contributed by atoms with Crippen LogP contribution < -0.4 is 15.0 Å². The number of carbonyl (C=O) groups is 2. The van der Waals surface area contributed by atoms with Gasteiger partial charge in [-0.2, -0.15) is 0 Å². The lowest BCUT2D eigenvalue weighted by Gasteiger charge is -2.40. The highest BCUT2D eigenvalue weighted by Gasteiger charge is 2.26. The quantitative estimate of drug-likeness (QED) is 0.340. The second-order valence-electron chi connectivity index (χ2n) is 9.85. The van der Waals surface area contributed by atoms with E-state index in [1.165, 1.54) is 17.0 Å². The lowest BCUT2D eigenvalue weighted by molar-refractivity contribution is -0.142. The van der Waals surface area contributed by atoms with E-state index in [1.54, 1.807) is 38.2 Å². The van der Waals surface area contributed by atoms with E-state index in [-0.39, 0.29) is 18.4 Å². The molecule has 3 aromatic rings. The van der Waals surface area contributed by atoms with Gasteiger partial charge in [-0.25, -0.2) is 4.39 Å². The van der Waals surface area contributed by atoms with E-state index in [9.17, 15) is 14.0 Å². The fraction of sp³-hybridized carbons (Fsp3) is 0.310. The van der Waals surface area contributed by atoms with Crippen LogP contribution in [-0.2, 0) is 16.1 Å². The van der Waals surface area contributed by atoms with Gasteiger partial charge in [0, 0.05) is 48.8 Å². The summed E-state index contributed by atoms with van der Waals surface area (Å²) in [4.78, 5) is 31.8. The number of anilines is 2. The number of nitrogens with one attached hydrogen (secondary N) is 1. The zero-order valence-electron chi connectivity index (χ0n) is 22.3. The molecule has 0 aliphatic carbocycles. The minimum atomic E-state index is -0.735. The molecule has 7 nitrogen and oxygen atoms in total. The van der Waals surface area contributed by atoms with E-state index in [0.717, 1.165) is 29.8 Å². The summed E-state index contributed by atoms with van der Waals surface area (Å²) in [6.45, 7) is 6.55. The van der Waals surface area contributed by atoms with Gasteiger partial charge in [-0.3, -0.25) is 9.59 Å². The van der Waals surface area contributed by atoms with E-state index in [1.807, 2.05) is 18.2 Å². The van der Waals surface area contributed by atoms with E-state index in [4.69, 9.17) is 16.3 Å². The van der Waals surface area contributed by atoms with Crippen LogP contribution in [0.25, 0.3) is 0 Å². The van der Waals surface area contributed by atoms with Crippen LogP contribution in [0.1, 0.15) is 18.1 Å². The third-order valence-electron chi connectivity index (χ3n) is 6.68. The molecule has 2 amide bonds. The topological polar surface area (TPSA) is 65.1 Å². The van der Waals surface area contributed by atoms with Crippen molar-refractivity contribution in [3.05, 3.63) is 81.0 Å². The number of piperazine rings is 1. The normalized spacial score (nSPS) is 15.7. The number of nitrogens with zero attached hydrogens (tertiary/aromatic N) is 3. The highest BCUT2D eigenvalue weighted by Crippen LogP contribution is 2.32. The molecule has 0 bridgehead atoms. The molecule has 0 spiro atoms. The number of amides is 2. The second kappa shape index (κ2) is 12.4. The molecular weight excluding hydrogens is 587 g/mol. The van der Waals surface area contributed by atoms with Gasteiger partial charge in [0.1, 0.15) is 17.3 Å². The average Bonchev–Trinajstić information content (AvgIpc) is 2.88. The Balaban J connectivity index is 1.42. The van der Waals surface area contributed by atoms with Crippen LogP contribution >= 0.6 is 27.5 Å². The lowest BCUT2D eigenvalue weighted by Crippen LogP contribution is -2.50. The van der Waals surface area contributed by atoms with Crippen molar-refractivity contribution >= 4 is 50.7 Å². The van der Waals surface area contributed by atoms with Gasteiger partial charge in [-0.1, -0.05) is 33.6 Å². The van der Waals surface area contributed by atoms with Crippen LogP contribution in [0, 0.1) is 12.7 Å². The summed E-state index contributed by atoms with van der Waals surface area (Å²) in [7, 11) is 3.64. The van der Waals surface area contributed by atoms with E-state index < -0.39 is 11.8 Å². The molecule has 1 aliphatic rings. The Bertz CT molecular complexity index is 1390. The number of halogens is 3. The number of rotatable bonds is 6. The first-order valence-electron chi connectivity index (χ1n) is 12.6. The Hall–Kier alpha value is -3.14. The molecule has 1 unspecified atom stereocenters. The fourth-order valence-electron chi connectivity index (χ4n) is 4.57. The molecule has 0 saturated carbocycles. The third-order valence-corrected chi connectivity index (χ3v) is 7.53. The van der Waals surface area contributed by atoms with Gasteiger partial charge in [-0.15, -0.1) is 0 Å². The van der Waals surface area contributed by atoms with Crippen molar-refractivity contribution < 1.29 is 18.7 Å². The van der Waals surface area contributed by atoms with E-state index >= 15 is 0 Å². The van der Waals surface area contributed by atoms with Crippen LogP contribution in [0.15, 0.2) is 59.1 Å². The molecule has 3 aromatic carbocycles. The smallest absolute Gasteiger partial charge is 0.313 e. The van der Waals surface area contributed by atoms with Crippen LogP contribution in [-0.4, -0.2) is 61.4 Å². The Kier molecular flexibility index (Phi) is 9.15. The van der Waals surface area contributed by atoms with Gasteiger partial charge >= 0.3 is 11.8 Å². The standard InChI is InChI=1S/C29H31BrClFN4O3/c1-18-13-22(8-9-25(18)32)39-23-7-5-20(24(31)15-23)17-35(4)29(38)28(37)33-26-14-21(30)6-10-27(26)36-12-11-34(3)16-19(36)2/h5-10,13-15,19H,11-12,16-17H2,1-4H3,(H,33,37). The molecule has 0 aromatic heterocycles. The van der Waals surface area contributed by atoms with Gasteiger partial charge in [0.05, 0.1) is 11.4 Å². The van der Waals surface area contributed by atoms with Crippen molar-refractivity contribution in [3.8, 4) is 11.5 Å². The van der Waals surface area contributed by atoms with Gasteiger partial charge < -0.3 is 24.8 Å². The SMILES string of the molecule is Cc1cc(Oc2ccc(CN(C)C(=O)C(=O)Nc3cc(Br)ccc3N3CCN(C)CC3C)c(Cl)c2)ccc1F. The predicted octanol–water partition coefficient (Wildman–Crippen LogP) is 6.08. The zero-order valence-corrected chi connectivity index (χ0v) is 24.6. The van der Waals surface area contributed by atoms with Crippen molar-refractivity contribution in [1.82, 2.24) is 9.80 Å². The maximum atomic E-state index is 13.5. The first-order chi connectivity index (χ1) is 18.5. The summed E-state index contributed by atoms with van der Waals surface area (Å²) in [5.74, 6) is -0.772. The van der Waals surface area contributed by atoms with Crippen molar-refractivity contribution in [2.75, 3.05) is 43.9 Å². The number of ether oxygens (including phenoxy) is 1. The highest BCUT2D eigenvalue weighted by molar-refractivity contribution is 9.10. The van der Waals surface area contributed by atoms with Crippen molar-refractivity contribution in [2.45, 2.75) is 26.4 Å². The van der Waals surface area contributed by atoms with Gasteiger partial charge in [0.25, 0.3) is 0 Å². The molecule has 1 saturated heterocycles. The van der Waals surface area contributed by atoms with E-state index in [2.05, 4.69) is 45.0 Å². The first-order valence-corrected chi connectivity index (χ1v) is 13.7. The summed E-state index contributed by atoms with van der Waals surface area (Å²) in [6.07, 6.45) is 0. The minimum Gasteiger partial charge on any atom is -0.457 e. The summed E-state index contributed by atoms with van der Waals surface area (Å²) in [5, 5.41) is 3.19. The molecule has 10 heteroatoms. The van der Waals surface area contributed by atoms with E-state index in [0.29, 0.717) is 33.3 Å². The average molecular weight is 618 g/mol. The number of aryl methyl sites for hydroxylation is 1. The molecule has 1 atom stereocenters. The predicted molar refractivity (Wildman–Crippen MR) is 156 cm³/mol. The number of carbonyl (C=O) groups excluding carboxylic acids is 2. The number of hydrogen-bond donors (Lipinski definition) is 1. The largest absolute Gasteiger partial charge is 0.457 e. The monoisotopic (exact) mass is 616 g/mol. The molecular formula is C29H31BrClFN4O3. The number of hydrogen-bond acceptors (Lipinski definition) is 5. The second-order valence-corrected chi connectivity index (χ2v) is 11.2. The van der Waals surface area contributed by atoms with Crippen LogP contribution in [0.5, 0.6) is 11.5 Å². The molecule has 1 fully saturated rings. The van der Waals surface area contributed by atoms with Crippen LogP contribution in [0.3, 0.4) is 0 Å². The van der Waals surface area contributed by atoms with Crippen molar-refractivity contribution in [1.29, 1.82) is 0 Å². The van der Waals surface area contributed by atoms with Crippen molar-refractivity contribution in [2.24, 2.45) is 0 Å². The molecule has 1 heterocycles. The third kappa shape index (κ3) is 7.09. The Morgan fingerprint density at radius 2 is 1.85 bits per heavy atom. The van der Waals surface area contributed by atoms with Crippen molar-refractivity contribution in [3.63, 3.8) is 0 Å². The lowest BCUT2D eigenvalue weighted by atomic mass is 10.1. The van der Waals surface area contributed by atoms with Crippen LogP contribution in [0.2, 0.25) is 5.02 Å². The maximum Gasteiger partial charge on any atom is 0.313 e. The summed E-state index contributed by atoms with van der Waals surface area (Å²) in [5.41, 5.74) is 2.57. The summed E-state index contributed by atoms with van der Waals surface area (Å²) >= 11 is 9.94. The summed E-state index contributed by atoms with van der Waals surface area (Å²) in [6, 6.07) is 15.5. The molecule has 39 heavy (non-hydrogen) atoms. The number of likely N-dealkylation sites (N-methyl/N-ethyl adjacent to an activating group) is 2. The minimum absolute atomic E-state index is 0.127. The Labute approximate surface area is 241 Å².